The van der Waals surface area contributed by atoms with Gasteiger partial charge in [-0.1, -0.05) is 35.9 Å². The number of ether oxygens (including phenoxy) is 2. The maximum absolute atomic E-state index is 10.1. The Labute approximate surface area is 173 Å². The maximum Gasteiger partial charge on any atom is 0.206 e. The smallest absolute Gasteiger partial charge is 0.206 e. The van der Waals surface area contributed by atoms with Crippen LogP contribution in [0.15, 0.2) is 64.5 Å². The highest BCUT2D eigenvalue weighted by molar-refractivity contribution is 7.07. The summed E-state index contributed by atoms with van der Waals surface area (Å²) >= 11 is 1.51. The molecule has 0 bridgehead atoms. The molecule has 0 saturated carbocycles. The summed E-state index contributed by atoms with van der Waals surface area (Å²) in [5.74, 6) is 0.588. The molecule has 0 atom stereocenters. The average Bonchev–Trinajstić information content (AvgIpc) is 3.14. The first-order valence-electron chi connectivity index (χ1n) is 8.95. The second-order valence-electron chi connectivity index (χ2n) is 6.23. The minimum absolute atomic E-state index is 0.0441. The van der Waals surface area contributed by atoms with Crippen LogP contribution in [-0.2, 0) is 0 Å². The molecule has 7 heteroatoms. The molecule has 0 spiro atoms. The van der Waals surface area contributed by atoms with E-state index in [1.807, 2.05) is 5.38 Å². The molecule has 3 aromatic rings. The normalized spacial score (nSPS) is 11.8. The summed E-state index contributed by atoms with van der Waals surface area (Å²) < 4.78 is 12.2. The van der Waals surface area contributed by atoms with E-state index in [2.05, 4.69) is 47.9 Å². The first-order chi connectivity index (χ1) is 14.1. The highest BCUT2D eigenvalue weighted by Gasteiger charge is 2.11. The zero-order valence-electron chi connectivity index (χ0n) is 16.6. The van der Waals surface area contributed by atoms with Crippen LogP contribution in [0.5, 0.6) is 17.2 Å². The van der Waals surface area contributed by atoms with Crippen molar-refractivity contribution in [2.75, 3.05) is 20.8 Å². The lowest BCUT2D eigenvalue weighted by Gasteiger charge is -2.09. The third kappa shape index (κ3) is 4.57. The standard InChI is InChI=1S/C22H23N3O3S/c1-5-10-23-22-25(18(14-29-22)17-8-6-15(2)7-9-17)24-13-16-11-19(27-3)21(26)20(12-16)28-4/h5-9,11-14,26H,1,10H2,2-4H3. The monoisotopic (exact) mass is 409 g/mol. The molecule has 0 aliphatic carbocycles. The number of methoxy groups -OCH3 is 2. The number of phenols is 1. The van der Waals surface area contributed by atoms with E-state index in [-0.39, 0.29) is 5.75 Å². The van der Waals surface area contributed by atoms with Crippen molar-refractivity contribution in [3.8, 4) is 28.5 Å². The third-order valence-corrected chi connectivity index (χ3v) is 5.07. The van der Waals surface area contributed by atoms with Gasteiger partial charge in [0, 0.05) is 16.5 Å². The molecule has 0 saturated heterocycles. The second-order valence-corrected chi connectivity index (χ2v) is 7.07. The predicted octanol–water partition coefficient (Wildman–Crippen LogP) is 4.22. The van der Waals surface area contributed by atoms with Crippen LogP contribution in [0.1, 0.15) is 11.1 Å². The fourth-order valence-electron chi connectivity index (χ4n) is 2.70. The summed E-state index contributed by atoms with van der Waals surface area (Å²) in [4.78, 5) is 5.30. The van der Waals surface area contributed by atoms with Gasteiger partial charge >= 0.3 is 0 Å². The van der Waals surface area contributed by atoms with E-state index in [9.17, 15) is 5.11 Å². The Bertz CT molecular complexity index is 1070. The van der Waals surface area contributed by atoms with Crippen LogP contribution in [-0.4, -0.2) is 36.8 Å². The lowest BCUT2D eigenvalue weighted by atomic mass is 10.1. The first-order valence-corrected chi connectivity index (χ1v) is 9.83. The summed E-state index contributed by atoms with van der Waals surface area (Å²) in [6, 6.07) is 11.6. The maximum atomic E-state index is 10.1. The Morgan fingerprint density at radius 2 is 1.79 bits per heavy atom. The molecule has 6 nitrogen and oxygen atoms in total. The number of rotatable bonds is 7. The van der Waals surface area contributed by atoms with E-state index in [0.717, 1.165) is 21.6 Å². The minimum atomic E-state index is -0.0441. The molecule has 0 amide bonds. The van der Waals surface area contributed by atoms with E-state index in [1.165, 1.54) is 31.1 Å². The zero-order chi connectivity index (χ0) is 20.8. The number of thiazole rings is 1. The molecule has 0 fully saturated rings. The van der Waals surface area contributed by atoms with Crippen molar-refractivity contribution >= 4 is 17.6 Å². The van der Waals surface area contributed by atoms with Crippen molar-refractivity contribution in [1.82, 2.24) is 4.68 Å². The molecule has 29 heavy (non-hydrogen) atoms. The van der Waals surface area contributed by atoms with E-state index < -0.39 is 0 Å². The molecule has 0 radical (unpaired) electrons. The highest BCUT2D eigenvalue weighted by atomic mass is 32.1. The van der Waals surface area contributed by atoms with Crippen molar-refractivity contribution in [3.63, 3.8) is 0 Å². The summed E-state index contributed by atoms with van der Waals surface area (Å²) in [5.41, 5.74) is 3.90. The average molecular weight is 410 g/mol. The Morgan fingerprint density at radius 1 is 1.14 bits per heavy atom. The largest absolute Gasteiger partial charge is 0.502 e. The Morgan fingerprint density at radius 3 is 2.38 bits per heavy atom. The number of aromatic hydroxyl groups is 1. The van der Waals surface area contributed by atoms with Gasteiger partial charge in [-0.3, -0.25) is 4.99 Å². The van der Waals surface area contributed by atoms with Gasteiger partial charge in [0.2, 0.25) is 10.6 Å². The lowest BCUT2D eigenvalue weighted by Crippen LogP contribution is -2.12. The van der Waals surface area contributed by atoms with Gasteiger partial charge in [-0.15, -0.1) is 17.9 Å². The molecule has 1 heterocycles. The topological polar surface area (TPSA) is 68.3 Å². The Balaban J connectivity index is 2.09. The lowest BCUT2D eigenvalue weighted by molar-refractivity contribution is 0.340. The molecule has 1 aromatic heterocycles. The van der Waals surface area contributed by atoms with Crippen LogP contribution in [0.2, 0.25) is 0 Å². The minimum Gasteiger partial charge on any atom is -0.502 e. The number of hydrogen-bond donors (Lipinski definition) is 1. The number of nitrogens with zero attached hydrogens (tertiary/aromatic N) is 3. The SMILES string of the molecule is C=CCN=c1scc(-c2ccc(C)cc2)n1N=Cc1cc(OC)c(O)c(OC)c1. The van der Waals surface area contributed by atoms with Crippen molar-refractivity contribution in [3.05, 3.63) is 70.4 Å². The van der Waals surface area contributed by atoms with Crippen LogP contribution < -0.4 is 14.3 Å². The number of phenolic OH excluding ortho intramolecular Hbond substituents is 1. The van der Waals surface area contributed by atoms with E-state index in [0.29, 0.717) is 18.0 Å². The van der Waals surface area contributed by atoms with Gasteiger partial charge in [-0.2, -0.15) is 5.10 Å². The van der Waals surface area contributed by atoms with Gasteiger partial charge in [0.25, 0.3) is 0 Å². The van der Waals surface area contributed by atoms with Crippen molar-refractivity contribution in [1.29, 1.82) is 0 Å². The van der Waals surface area contributed by atoms with Crippen molar-refractivity contribution in [2.24, 2.45) is 10.1 Å². The highest BCUT2D eigenvalue weighted by Crippen LogP contribution is 2.36. The fraction of sp³-hybridized carbons (Fsp3) is 0.182. The second kappa shape index (κ2) is 9.25. The number of hydrogen-bond acceptors (Lipinski definition) is 6. The van der Waals surface area contributed by atoms with Gasteiger partial charge in [0.05, 0.1) is 32.7 Å². The predicted molar refractivity (Wildman–Crippen MR) is 117 cm³/mol. The van der Waals surface area contributed by atoms with Crippen LogP contribution in [0.25, 0.3) is 11.3 Å². The zero-order valence-corrected chi connectivity index (χ0v) is 17.4. The number of aryl methyl sites for hydroxylation is 1. The molecule has 0 aliphatic rings. The molecule has 150 valence electrons. The third-order valence-electron chi connectivity index (χ3n) is 4.21. The van der Waals surface area contributed by atoms with Crippen LogP contribution in [0.4, 0.5) is 0 Å². The Kier molecular flexibility index (Phi) is 6.51. The molecule has 3 rings (SSSR count). The summed E-state index contributed by atoms with van der Waals surface area (Å²) in [6.45, 7) is 6.29. The fourth-order valence-corrected chi connectivity index (χ4v) is 3.54. The van der Waals surface area contributed by atoms with Crippen LogP contribution >= 0.6 is 11.3 Å². The molecule has 1 N–H and O–H groups in total. The van der Waals surface area contributed by atoms with Crippen LogP contribution in [0, 0.1) is 6.92 Å². The van der Waals surface area contributed by atoms with Gasteiger partial charge < -0.3 is 14.6 Å². The molecular formula is C22H23N3O3S. The molecule has 0 unspecified atom stereocenters. The van der Waals surface area contributed by atoms with E-state index in [4.69, 9.17) is 9.47 Å². The van der Waals surface area contributed by atoms with Gasteiger partial charge in [0.15, 0.2) is 11.5 Å². The van der Waals surface area contributed by atoms with E-state index in [1.54, 1.807) is 29.1 Å². The van der Waals surface area contributed by atoms with Gasteiger partial charge in [-0.05, 0) is 19.1 Å². The van der Waals surface area contributed by atoms with Gasteiger partial charge in [0.1, 0.15) is 0 Å². The first kappa shape index (κ1) is 20.4. The summed E-state index contributed by atoms with van der Waals surface area (Å²) in [5, 5.41) is 16.8. The molecule has 2 aromatic carbocycles. The van der Waals surface area contributed by atoms with Crippen LogP contribution in [0.3, 0.4) is 0 Å². The van der Waals surface area contributed by atoms with Crippen molar-refractivity contribution < 1.29 is 14.6 Å². The summed E-state index contributed by atoms with van der Waals surface area (Å²) in [6.07, 6.45) is 3.43. The molecular weight excluding hydrogens is 386 g/mol. The Hall–Kier alpha value is -3.32. The van der Waals surface area contributed by atoms with E-state index >= 15 is 0 Å². The number of aromatic nitrogens is 1. The summed E-state index contributed by atoms with van der Waals surface area (Å²) in [7, 11) is 2.98. The molecule has 0 aliphatic heterocycles. The number of benzene rings is 2. The van der Waals surface area contributed by atoms with Crippen molar-refractivity contribution in [2.45, 2.75) is 6.92 Å². The van der Waals surface area contributed by atoms with Gasteiger partial charge in [-0.25, -0.2) is 4.68 Å². The quantitative estimate of drug-likeness (QED) is 0.469.